The predicted molar refractivity (Wildman–Crippen MR) is 42.6 cm³/mol. The molecule has 1 atom stereocenters. The highest BCUT2D eigenvalue weighted by molar-refractivity contribution is 4.68. The van der Waals surface area contributed by atoms with E-state index in [1.54, 1.807) is 0 Å². The summed E-state index contributed by atoms with van der Waals surface area (Å²) < 4.78 is 0. The minimum Gasteiger partial charge on any atom is -0.316 e. The van der Waals surface area contributed by atoms with E-state index in [0.717, 1.165) is 5.92 Å². The van der Waals surface area contributed by atoms with E-state index in [4.69, 9.17) is 0 Å². The van der Waals surface area contributed by atoms with Gasteiger partial charge in [0.15, 0.2) is 0 Å². The van der Waals surface area contributed by atoms with Crippen LogP contribution in [-0.2, 0) is 0 Å². The highest BCUT2D eigenvalue weighted by Crippen LogP contribution is 2.09. The van der Waals surface area contributed by atoms with Gasteiger partial charge in [-0.3, -0.25) is 0 Å². The Bertz CT molecular complexity index is 46.5. The summed E-state index contributed by atoms with van der Waals surface area (Å²) in [4.78, 5) is 0. The largest absolute Gasteiger partial charge is 0.316 e. The van der Waals surface area contributed by atoms with E-state index < -0.39 is 0 Å². The van der Waals surface area contributed by atoms with E-state index >= 15 is 0 Å². The molecule has 56 valence electrons. The van der Waals surface area contributed by atoms with Crippen molar-refractivity contribution in [1.82, 2.24) is 5.32 Å². The lowest BCUT2D eigenvalue weighted by molar-refractivity contribution is 0.563. The highest BCUT2D eigenvalue weighted by Gasteiger charge is 2.10. The molecule has 0 unspecified atom stereocenters. The molecule has 9 heavy (non-hydrogen) atoms. The fraction of sp³-hybridized carbons (Fsp3) is 1.00. The van der Waals surface area contributed by atoms with Crippen molar-refractivity contribution in [3.05, 3.63) is 0 Å². The zero-order valence-corrected chi connectivity index (χ0v) is 6.91. The third-order valence-corrected chi connectivity index (χ3v) is 1.74. The zero-order valence-electron chi connectivity index (χ0n) is 6.91. The van der Waals surface area contributed by atoms with Gasteiger partial charge in [0.25, 0.3) is 0 Å². The van der Waals surface area contributed by atoms with Gasteiger partial charge in [0.1, 0.15) is 0 Å². The molecule has 0 bridgehead atoms. The summed E-state index contributed by atoms with van der Waals surface area (Å²) >= 11 is 0. The molecule has 0 spiro atoms. The third kappa shape index (κ3) is 3.52. The molecule has 0 aromatic heterocycles. The van der Waals surface area contributed by atoms with Crippen LogP contribution in [0.15, 0.2) is 0 Å². The van der Waals surface area contributed by atoms with E-state index in [1.807, 2.05) is 13.8 Å². The second kappa shape index (κ2) is 6.09. The maximum Gasteiger partial charge on any atom is -0.00201 e. The fourth-order valence-corrected chi connectivity index (χ4v) is 1.06. The molecule has 1 nitrogen and oxygen atoms in total. The van der Waals surface area contributed by atoms with Gasteiger partial charge in [-0.15, -0.1) is 0 Å². The summed E-state index contributed by atoms with van der Waals surface area (Å²) in [5.41, 5.74) is 0. The summed E-state index contributed by atoms with van der Waals surface area (Å²) in [5.74, 6) is 0.986. The van der Waals surface area contributed by atoms with Crippen molar-refractivity contribution in [3.8, 4) is 0 Å². The van der Waals surface area contributed by atoms with Crippen LogP contribution in [0.2, 0.25) is 0 Å². The van der Waals surface area contributed by atoms with Gasteiger partial charge in [0.2, 0.25) is 0 Å². The Kier molecular flexibility index (Phi) is 6.06. The Labute approximate surface area is 58.8 Å². The van der Waals surface area contributed by atoms with Crippen molar-refractivity contribution in [3.63, 3.8) is 0 Å². The molecule has 0 aromatic rings. The number of hydrogen-bond acceptors (Lipinski definition) is 1. The van der Waals surface area contributed by atoms with Crippen LogP contribution >= 0.6 is 0 Å². The van der Waals surface area contributed by atoms with Crippen LogP contribution in [0.1, 0.15) is 33.6 Å². The molecule has 1 aliphatic heterocycles. The first kappa shape index (κ1) is 8.96. The van der Waals surface area contributed by atoms with Crippen molar-refractivity contribution >= 4 is 0 Å². The first-order chi connectivity index (χ1) is 4.43. The molecule has 1 rings (SSSR count). The lowest BCUT2D eigenvalue weighted by atomic mass is 10.1. The molecular weight excluding hydrogens is 110 g/mol. The number of hydrogen-bond donors (Lipinski definition) is 1. The summed E-state index contributed by atoms with van der Waals surface area (Å²) in [7, 11) is 0. The predicted octanol–water partition coefficient (Wildman–Crippen LogP) is 2.03. The van der Waals surface area contributed by atoms with Crippen molar-refractivity contribution in [1.29, 1.82) is 0 Å². The summed E-state index contributed by atoms with van der Waals surface area (Å²) in [6.07, 6.45) is 2.75. The lowest BCUT2D eigenvalue weighted by Crippen LogP contribution is -2.07. The van der Waals surface area contributed by atoms with Gasteiger partial charge in [0, 0.05) is 0 Å². The molecule has 1 N–H and O–H groups in total. The van der Waals surface area contributed by atoms with Gasteiger partial charge in [-0.05, 0) is 25.4 Å². The SMILES string of the molecule is CC.CC[C@H]1CCNC1. The first-order valence-corrected chi connectivity index (χ1v) is 4.14. The first-order valence-electron chi connectivity index (χ1n) is 4.14. The molecule has 1 heteroatoms. The molecule has 0 aromatic carbocycles. The normalized spacial score (nSPS) is 25.0. The second-order valence-corrected chi connectivity index (χ2v) is 2.27. The molecule has 0 aliphatic carbocycles. The molecule has 1 fully saturated rings. The molecule has 0 radical (unpaired) electrons. The average Bonchev–Trinajstić information content (AvgIpc) is 2.43. The topological polar surface area (TPSA) is 12.0 Å². The fourth-order valence-electron chi connectivity index (χ4n) is 1.06. The monoisotopic (exact) mass is 129 g/mol. The maximum atomic E-state index is 3.32. The summed E-state index contributed by atoms with van der Waals surface area (Å²) in [5, 5.41) is 3.32. The van der Waals surface area contributed by atoms with E-state index in [2.05, 4.69) is 12.2 Å². The standard InChI is InChI=1S/C6H13N.C2H6/c1-2-6-3-4-7-5-6;1-2/h6-7H,2-5H2,1H3;1-2H3/t6-;/m0./s1. The van der Waals surface area contributed by atoms with Crippen molar-refractivity contribution in [2.24, 2.45) is 5.92 Å². The molecule has 1 heterocycles. The highest BCUT2D eigenvalue weighted by atomic mass is 14.9. The van der Waals surface area contributed by atoms with Crippen LogP contribution in [0.25, 0.3) is 0 Å². The Morgan fingerprint density at radius 1 is 1.44 bits per heavy atom. The second-order valence-electron chi connectivity index (χ2n) is 2.27. The van der Waals surface area contributed by atoms with Crippen LogP contribution in [0.4, 0.5) is 0 Å². The van der Waals surface area contributed by atoms with Crippen molar-refractivity contribution < 1.29 is 0 Å². The molecule has 0 saturated carbocycles. The van der Waals surface area contributed by atoms with Crippen LogP contribution in [0, 0.1) is 5.92 Å². The van der Waals surface area contributed by atoms with E-state index in [0.29, 0.717) is 0 Å². The lowest BCUT2D eigenvalue weighted by Gasteiger charge is -1.98. The van der Waals surface area contributed by atoms with Crippen LogP contribution in [-0.4, -0.2) is 13.1 Å². The van der Waals surface area contributed by atoms with Gasteiger partial charge in [-0.1, -0.05) is 27.2 Å². The third-order valence-electron chi connectivity index (χ3n) is 1.74. The smallest absolute Gasteiger partial charge is 0.00201 e. The molecule has 1 aliphatic rings. The Hall–Kier alpha value is -0.0400. The summed E-state index contributed by atoms with van der Waals surface area (Å²) in [6, 6.07) is 0. The number of nitrogens with one attached hydrogen (secondary N) is 1. The van der Waals surface area contributed by atoms with Crippen LogP contribution in [0.5, 0.6) is 0 Å². The van der Waals surface area contributed by atoms with Gasteiger partial charge < -0.3 is 5.32 Å². The zero-order chi connectivity index (χ0) is 7.11. The van der Waals surface area contributed by atoms with Crippen molar-refractivity contribution in [2.45, 2.75) is 33.6 Å². The van der Waals surface area contributed by atoms with E-state index in [-0.39, 0.29) is 0 Å². The molecule has 1 saturated heterocycles. The van der Waals surface area contributed by atoms with Crippen molar-refractivity contribution in [2.75, 3.05) is 13.1 Å². The Morgan fingerprint density at radius 3 is 2.33 bits per heavy atom. The molecule has 0 amide bonds. The van der Waals surface area contributed by atoms with E-state index in [9.17, 15) is 0 Å². The number of rotatable bonds is 1. The van der Waals surface area contributed by atoms with E-state index in [1.165, 1.54) is 25.9 Å². The quantitative estimate of drug-likeness (QED) is 0.571. The average molecular weight is 129 g/mol. The Morgan fingerprint density at radius 2 is 2.11 bits per heavy atom. The molecular formula is C8H19N. The summed E-state index contributed by atoms with van der Waals surface area (Å²) in [6.45, 7) is 8.77. The van der Waals surface area contributed by atoms with Gasteiger partial charge in [-0.25, -0.2) is 0 Å². The maximum absolute atomic E-state index is 3.32. The van der Waals surface area contributed by atoms with Crippen LogP contribution < -0.4 is 5.32 Å². The van der Waals surface area contributed by atoms with Gasteiger partial charge in [-0.2, -0.15) is 0 Å². The Balaban J connectivity index is 0.000000291. The van der Waals surface area contributed by atoms with Gasteiger partial charge >= 0.3 is 0 Å². The van der Waals surface area contributed by atoms with Crippen LogP contribution in [0.3, 0.4) is 0 Å². The minimum atomic E-state index is 0.986. The van der Waals surface area contributed by atoms with Gasteiger partial charge in [0.05, 0.1) is 0 Å². The minimum absolute atomic E-state index is 0.986.